The molecule has 0 radical (unpaired) electrons. The third-order valence-electron chi connectivity index (χ3n) is 1.79. The van der Waals surface area contributed by atoms with Crippen LogP contribution in [0.2, 0.25) is 0 Å². The van der Waals surface area contributed by atoms with Gasteiger partial charge in [0.15, 0.2) is 0 Å². The van der Waals surface area contributed by atoms with Gasteiger partial charge in [-0.3, -0.25) is 0 Å². The zero-order chi connectivity index (χ0) is 8.97. The lowest BCUT2D eigenvalue weighted by Crippen LogP contribution is -1.85. The van der Waals surface area contributed by atoms with Crippen molar-refractivity contribution in [1.82, 2.24) is 0 Å². The van der Waals surface area contributed by atoms with Crippen LogP contribution in [0.5, 0.6) is 0 Å². The number of hydrogen-bond donors (Lipinski definition) is 0. The Labute approximate surface area is 82.4 Å². The first kappa shape index (κ1) is 9.53. The van der Waals surface area contributed by atoms with Crippen LogP contribution in [0.4, 0.5) is 0 Å². The van der Waals surface area contributed by atoms with Crippen molar-refractivity contribution in [2.75, 3.05) is 0 Å². The summed E-state index contributed by atoms with van der Waals surface area (Å²) in [6.07, 6.45) is 4.20. The number of benzene rings is 1. The van der Waals surface area contributed by atoms with Crippen molar-refractivity contribution in [3.63, 3.8) is 0 Å². The van der Waals surface area contributed by atoms with Gasteiger partial charge in [-0.25, -0.2) is 0 Å². The maximum absolute atomic E-state index is 3.48. The minimum absolute atomic E-state index is 0.925. The zero-order valence-electron chi connectivity index (χ0n) is 7.47. The van der Waals surface area contributed by atoms with E-state index >= 15 is 0 Å². The van der Waals surface area contributed by atoms with E-state index in [4.69, 9.17) is 0 Å². The van der Waals surface area contributed by atoms with Crippen LogP contribution in [0, 0.1) is 6.92 Å². The fourth-order valence-corrected chi connectivity index (χ4v) is 1.68. The molecule has 1 rings (SSSR count). The highest BCUT2D eigenvalue weighted by atomic mass is 79.9. The summed E-state index contributed by atoms with van der Waals surface area (Å²) >= 11 is 3.48. The van der Waals surface area contributed by atoms with E-state index in [1.54, 1.807) is 0 Å². The van der Waals surface area contributed by atoms with Crippen LogP contribution in [0.3, 0.4) is 0 Å². The van der Waals surface area contributed by atoms with Crippen LogP contribution < -0.4 is 0 Å². The first-order valence-corrected chi connectivity index (χ1v) is 5.18. The van der Waals surface area contributed by atoms with Crippen molar-refractivity contribution in [3.05, 3.63) is 41.0 Å². The molecule has 64 valence electrons. The number of hydrogen-bond acceptors (Lipinski definition) is 0. The Morgan fingerprint density at radius 2 is 2.17 bits per heavy atom. The molecule has 0 aliphatic rings. The Morgan fingerprint density at radius 3 is 2.75 bits per heavy atom. The fraction of sp³-hybridized carbons (Fsp3) is 0.273. The fourth-order valence-electron chi connectivity index (χ4n) is 1.19. The molecule has 1 aromatic carbocycles. The molecule has 0 amide bonds. The summed E-state index contributed by atoms with van der Waals surface area (Å²) in [5, 5.41) is 0.925. The maximum Gasteiger partial charge on any atom is 0.0289 e. The van der Waals surface area contributed by atoms with Gasteiger partial charge in [0.25, 0.3) is 0 Å². The Kier molecular flexibility index (Phi) is 3.54. The summed E-state index contributed by atoms with van der Waals surface area (Å²) in [6, 6.07) is 6.51. The summed E-state index contributed by atoms with van der Waals surface area (Å²) in [5.41, 5.74) is 3.98. The standard InChI is InChI=1S/C11H13Br/c1-3-4-10-6-5-9(2)7-11(10)8-12/h3-7H,8H2,1-2H3/b4-3-. The van der Waals surface area contributed by atoms with Crippen molar-refractivity contribution >= 4 is 22.0 Å². The molecule has 0 saturated heterocycles. The predicted octanol–water partition coefficient (Wildman–Crippen LogP) is 3.92. The summed E-state index contributed by atoms with van der Waals surface area (Å²) in [6.45, 7) is 4.16. The zero-order valence-corrected chi connectivity index (χ0v) is 9.06. The van der Waals surface area contributed by atoms with Crippen LogP contribution in [0.1, 0.15) is 23.6 Å². The van der Waals surface area contributed by atoms with Crippen LogP contribution in [0.15, 0.2) is 24.3 Å². The molecule has 0 nitrogen and oxygen atoms in total. The molecular formula is C11H13Br. The second kappa shape index (κ2) is 4.46. The number of alkyl halides is 1. The Balaban J connectivity index is 3.10. The van der Waals surface area contributed by atoms with E-state index in [0.717, 1.165) is 5.33 Å². The van der Waals surface area contributed by atoms with Gasteiger partial charge in [0.1, 0.15) is 0 Å². The van der Waals surface area contributed by atoms with Gasteiger partial charge in [-0.2, -0.15) is 0 Å². The van der Waals surface area contributed by atoms with E-state index in [2.05, 4.69) is 53.2 Å². The van der Waals surface area contributed by atoms with E-state index in [1.165, 1.54) is 16.7 Å². The molecule has 0 atom stereocenters. The van der Waals surface area contributed by atoms with Crippen LogP contribution in [0.25, 0.3) is 6.08 Å². The average molecular weight is 225 g/mol. The monoisotopic (exact) mass is 224 g/mol. The van der Waals surface area contributed by atoms with Gasteiger partial charge in [0, 0.05) is 5.33 Å². The molecule has 1 aromatic rings. The van der Waals surface area contributed by atoms with Crippen LogP contribution in [-0.2, 0) is 5.33 Å². The average Bonchev–Trinajstić information content (AvgIpc) is 2.08. The minimum atomic E-state index is 0.925. The highest BCUT2D eigenvalue weighted by Crippen LogP contribution is 2.16. The smallest absolute Gasteiger partial charge is 0.0289 e. The topological polar surface area (TPSA) is 0 Å². The Bertz CT molecular complexity index is 287. The lowest BCUT2D eigenvalue weighted by atomic mass is 10.1. The molecule has 0 aromatic heterocycles. The van der Waals surface area contributed by atoms with Gasteiger partial charge in [-0.15, -0.1) is 0 Å². The highest BCUT2D eigenvalue weighted by Gasteiger charge is 1.96. The SMILES string of the molecule is C/C=C\c1ccc(C)cc1CBr. The quantitative estimate of drug-likeness (QED) is 0.669. The maximum atomic E-state index is 3.48. The molecule has 0 aliphatic heterocycles. The number of halogens is 1. The normalized spacial score (nSPS) is 10.9. The second-order valence-corrected chi connectivity index (χ2v) is 3.40. The Hall–Kier alpha value is -0.560. The van der Waals surface area contributed by atoms with Crippen molar-refractivity contribution in [2.24, 2.45) is 0 Å². The van der Waals surface area contributed by atoms with E-state index in [9.17, 15) is 0 Å². The van der Waals surface area contributed by atoms with Crippen molar-refractivity contribution in [3.8, 4) is 0 Å². The summed E-state index contributed by atoms with van der Waals surface area (Å²) in [7, 11) is 0. The van der Waals surface area contributed by atoms with Crippen LogP contribution >= 0.6 is 15.9 Å². The van der Waals surface area contributed by atoms with Gasteiger partial charge in [-0.1, -0.05) is 51.8 Å². The van der Waals surface area contributed by atoms with Crippen molar-refractivity contribution in [2.45, 2.75) is 19.2 Å². The largest absolute Gasteiger partial charge is 0.0876 e. The van der Waals surface area contributed by atoms with E-state index < -0.39 is 0 Å². The molecule has 1 heteroatoms. The number of rotatable bonds is 2. The first-order valence-electron chi connectivity index (χ1n) is 4.06. The molecule has 0 aliphatic carbocycles. The molecule has 12 heavy (non-hydrogen) atoms. The lowest BCUT2D eigenvalue weighted by molar-refractivity contribution is 1.35. The first-order chi connectivity index (χ1) is 5.77. The summed E-state index contributed by atoms with van der Waals surface area (Å²) in [5.74, 6) is 0. The molecular weight excluding hydrogens is 212 g/mol. The Morgan fingerprint density at radius 1 is 1.42 bits per heavy atom. The van der Waals surface area contributed by atoms with Crippen molar-refractivity contribution < 1.29 is 0 Å². The van der Waals surface area contributed by atoms with Gasteiger partial charge in [-0.05, 0) is 25.0 Å². The molecule has 0 saturated carbocycles. The summed E-state index contributed by atoms with van der Waals surface area (Å²) in [4.78, 5) is 0. The molecule has 0 unspecified atom stereocenters. The molecule has 0 bridgehead atoms. The number of aryl methyl sites for hydroxylation is 1. The molecule has 0 N–H and O–H groups in total. The second-order valence-electron chi connectivity index (χ2n) is 2.84. The van der Waals surface area contributed by atoms with Crippen LogP contribution in [-0.4, -0.2) is 0 Å². The van der Waals surface area contributed by atoms with E-state index in [0.29, 0.717) is 0 Å². The van der Waals surface area contributed by atoms with E-state index in [-0.39, 0.29) is 0 Å². The predicted molar refractivity (Wildman–Crippen MR) is 58.5 cm³/mol. The van der Waals surface area contributed by atoms with Gasteiger partial charge in [0.05, 0.1) is 0 Å². The molecule has 0 fully saturated rings. The lowest BCUT2D eigenvalue weighted by Gasteiger charge is -2.03. The van der Waals surface area contributed by atoms with Gasteiger partial charge >= 0.3 is 0 Å². The van der Waals surface area contributed by atoms with Crippen molar-refractivity contribution in [1.29, 1.82) is 0 Å². The van der Waals surface area contributed by atoms with E-state index in [1.807, 2.05) is 6.92 Å². The molecule has 0 heterocycles. The van der Waals surface area contributed by atoms with Gasteiger partial charge in [0.2, 0.25) is 0 Å². The number of allylic oxidation sites excluding steroid dienone is 1. The third-order valence-corrected chi connectivity index (χ3v) is 2.39. The third kappa shape index (κ3) is 2.21. The minimum Gasteiger partial charge on any atom is -0.0876 e. The summed E-state index contributed by atoms with van der Waals surface area (Å²) < 4.78 is 0. The van der Waals surface area contributed by atoms with Gasteiger partial charge < -0.3 is 0 Å². The molecule has 0 spiro atoms. The highest BCUT2D eigenvalue weighted by molar-refractivity contribution is 9.08.